The van der Waals surface area contributed by atoms with Gasteiger partial charge in [-0.05, 0) is 0 Å². The van der Waals surface area contributed by atoms with Gasteiger partial charge >= 0.3 is 262 Å². The van der Waals surface area contributed by atoms with Crippen LogP contribution in [0.4, 0.5) is 0 Å². The first-order chi connectivity index (χ1) is 20.2. The number of fused-ring (bicyclic) bond motifs is 1. The Morgan fingerprint density at radius 3 is 1.80 bits per heavy atom. The van der Waals surface area contributed by atoms with Crippen LogP contribution in [0.25, 0.3) is 10.8 Å². The van der Waals surface area contributed by atoms with E-state index in [1.807, 2.05) is 0 Å². The first-order valence-electron chi connectivity index (χ1n) is 15.2. The predicted molar refractivity (Wildman–Crippen MR) is 189 cm³/mol. The molecule has 0 spiro atoms. The summed E-state index contributed by atoms with van der Waals surface area (Å²) in [5.74, 6) is 4.63. The van der Waals surface area contributed by atoms with Crippen LogP contribution in [0.1, 0.15) is 24.8 Å². The molecule has 8 nitrogen and oxygen atoms in total. The zero-order chi connectivity index (χ0) is 29.0. The zero-order valence-electron chi connectivity index (χ0n) is 24.6. The third-order valence-corrected chi connectivity index (χ3v) is 36.8. The van der Waals surface area contributed by atoms with Gasteiger partial charge in [0, 0.05) is 0 Å². The van der Waals surface area contributed by atoms with E-state index in [1.54, 1.807) is 0 Å². The van der Waals surface area contributed by atoms with E-state index in [-0.39, 0.29) is 0 Å². The molecule has 0 radical (unpaired) electrons. The van der Waals surface area contributed by atoms with Crippen LogP contribution in [0.3, 0.4) is 0 Å². The summed E-state index contributed by atoms with van der Waals surface area (Å²) in [6, 6.07) is 15.4. The average molecular weight is 682 g/mol. The summed E-state index contributed by atoms with van der Waals surface area (Å²) in [6.07, 6.45) is 3.97. The molecule has 0 unspecified atom stereocenters. The fourth-order valence-corrected chi connectivity index (χ4v) is 34.8. The molecule has 12 heteroatoms. The van der Waals surface area contributed by atoms with Gasteiger partial charge in [0.15, 0.2) is 0 Å². The number of nitrogens with one attached hydrogen (secondary N) is 3. The minimum atomic E-state index is -2.77. The predicted octanol–water partition coefficient (Wildman–Crippen LogP) is 2.55. The van der Waals surface area contributed by atoms with Gasteiger partial charge in [-0.1, -0.05) is 0 Å². The molecule has 0 atom stereocenters. The zero-order valence-corrected chi connectivity index (χ0v) is 29.2. The van der Waals surface area contributed by atoms with Crippen molar-refractivity contribution < 1.29 is 0 Å². The molecule has 0 aromatic heterocycles. The quantitative estimate of drug-likeness (QED) is 0.0727. The van der Waals surface area contributed by atoms with Gasteiger partial charge < -0.3 is 0 Å². The normalized spacial score (nSPS) is 13.8. The van der Waals surface area contributed by atoms with Crippen LogP contribution in [-0.4, -0.2) is 109 Å². The molecular formula is C29H52GeN8S3. The molecule has 2 aromatic rings. The number of rotatable bonds is 24. The first kappa shape index (κ1) is 35.0. The number of aliphatic imine (C=N–C) groups is 1. The molecule has 9 N–H and O–H groups in total. The van der Waals surface area contributed by atoms with Gasteiger partial charge in [0.1, 0.15) is 0 Å². The first-order valence-corrected chi connectivity index (χ1v) is 26.8. The van der Waals surface area contributed by atoms with Gasteiger partial charge in [0.2, 0.25) is 0 Å². The second kappa shape index (κ2) is 21.3. The van der Waals surface area contributed by atoms with Crippen molar-refractivity contribution >= 4 is 56.9 Å². The SMILES string of the molecule is NCCCNCC[S][Ge]([S]CCNCCCN)([S]CCNCCCN)[N]1CCN=C1Cc1cccc2ccccc12. The van der Waals surface area contributed by atoms with Crippen LogP contribution in [0.2, 0.25) is 0 Å². The molecule has 1 aliphatic rings. The van der Waals surface area contributed by atoms with E-state index in [1.165, 1.54) is 22.2 Å². The van der Waals surface area contributed by atoms with Crippen LogP contribution in [0, 0.1) is 0 Å². The summed E-state index contributed by atoms with van der Waals surface area (Å²) >= 11 is 0. The van der Waals surface area contributed by atoms with Crippen LogP contribution in [0.15, 0.2) is 47.5 Å². The van der Waals surface area contributed by atoms with Gasteiger partial charge in [0.05, 0.1) is 0 Å². The number of hydrogen-bond donors (Lipinski definition) is 6. The van der Waals surface area contributed by atoms with E-state index in [0.29, 0.717) is 0 Å². The summed E-state index contributed by atoms with van der Waals surface area (Å²) in [6.45, 7) is 10.2. The van der Waals surface area contributed by atoms with Crippen molar-refractivity contribution in [2.45, 2.75) is 25.7 Å². The van der Waals surface area contributed by atoms with Crippen molar-refractivity contribution in [1.82, 2.24) is 19.8 Å². The molecule has 1 heterocycles. The molecular weight excluding hydrogens is 629 g/mol. The molecule has 0 amide bonds. The molecule has 0 bridgehead atoms. The van der Waals surface area contributed by atoms with E-state index in [4.69, 9.17) is 22.2 Å². The summed E-state index contributed by atoms with van der Waals surface area (Å²) in [4.78, 5) is 5.15. The fraction of sp³-hybridized carbons (Fsp3) is 0.621. The Hall–Kier alpha value is -0.477. The molecule has 0 fully saturated rings. The molecule has 41 heavy (non-hydrogen) atoms. The van der Waals surface area contributed by atoms with Gasteiger partial charge in [-0.15, -0.1) is 0 Å². The molecule has 2 aromatic carbocycles. The Bertz CT molecular complexity index is 969. The minimum absolute atomic E-state index is 0.740. The Kier molecular flexibility index (Phi) is 18.2. The van der Waals surface area contributed by atoms with Crippen molar-refractivity contribution in [3.8, 4) is 0 Å². The average Bonchev–Trinajstić information content (AvgIpc) is 3.47. The van der Waals surface area contributed by atoms with Crippen molar-refractivity contribution in [3.63, 3.8) is 0 Å². The van der Waals surface area contributed by atoms with E-state index < -0.39 is 10.1 Å². The van der Waals surface area contributed by atoms with E-state index in [9.17, 15) is 0 Å². The monoisotopic (exact) mass is 682 g/mol. The van der Waals surface area contributed by atoms with Crippen molar-refractivity contribution in [1.29, 1.82) is 0 Å². The number of nitrogens with two attached hydrogens (primary N) is 3. The van der Waals surface area contributed by atoms with Crippen LogP contribution >= 0.6 is 30.3 Å². The number of amidine groups is 1. The topological polar surface area (TPSA) is 130 Å². The van der Waals surface area contributed by atoms with Crippen LogP contribution in [-0.2, 0) is 6.42 Å². The summed E-state index contributed by atoms with van der Waals surface area (Å²) in [7, 11) is 3.97. The number of nitrogens with zero attached hydrogens (tertiary/aromatic N) is 2. The second-order valence-electron chi connectivity index (χ2n) is 10.0. The van der Waals surface area contributed by atoms with Gasteiger partial charge in [0.25, 0.3) is 0 Å². The van der Waals surface area contributed by atoms with Crippen molar-refractivity contribution in [2.75, 3.05) is 89.3 Å². The number of hydrogen-bond acceptors (Lipinski definition) is 11. The molecule has 1 aliphatic heterocycles. The maximum atomic E-state index is 5.72. The molecule has 0 saturated carbocycles. The summed E-state index contributed by atoms with van der Waals surface area (Å²) < 4.78 is 2.81. The fourth-order valence-electron chi connectivity index (χ4n) is 4.73. The van der Waals surface area contributed by atoms with Gasteiger partial charge in [-0.2, -0.15) is 0 Å². The van der Waals surface area contributed by atoms with E-state index >= 15 is 0 Å². The molecule has 3 rings (SSSR count). The van der Waals surface area contributed by atoms with E-state index in [2.05, 4.69) is 92.5 Å². The van der Waals surface area contributed by atoms with Crippen LogP contribution in [0.5, 0.6) is 0 Å². The Morgan fingerprint density at radius 1 is 0.707 bits per heavy atom. The van der Waals surface area contributed by atoms with Crippen LogP contribution < -0.4 is 33.2 Å². The van der Waals surface area contributed by atoms with Crippen molar-refractivity contribution in [3.05, 3.63) is 48.0 Å². The maximum absolute atomic E-state index is 5.72. The third-order valence-electron chi connectivity index (χ3n) is 6.85. The Labute approximate surface area is 260 Å². The third kappa shape index (κ3) is 12.2. The second-order valence-corrected chi connectivity index (χ2v) is 34.1. The molecule has 230 valence electrons. The Balaban J connectivity index is 1.78. The standard InChI is InChI=1S/C29H52GeN8S3/c31-11-4-14-34-18-22-39-30(40-23-19-35-15-5-12-32,41-24-20-36-16-6-13-33)38-21-17-37-29(38)25-27-9-3-8-26-7-1-2-10-28(26)27/h1-3,7-10,34-36H,4-6,11-25,31-33H2. The number of benzene rings is 2. The van der Waals surface area contributed by atoms with Gasteiger partial charge in [-0.25, -0.2) is 0 Å². The summed E-state index contributed by atoms with van der Waals surface area (Å²) in [5.41, 5.74) is 18.5. The Morgan fingerprint density at radius 2 is 1.24 bits per heavy atom. The summed E-state index contributed by atoms with van der Waals surface area (Å²) in [5, 5.41) is 13.5. The van der Waals surface area contributed by atoms with Crippen molar-refractivity contribution in [2.24, 2.45) is 22.2 Å². The van der Waals surface area contributed by atoms with E-state index in [0.717, 1.165) is 115 Å². The molecule has 0 saturated heterocycles. The molecule has 0 aliphatic carbocycles. The van der Waals surface area contributed by atoms with Gasteiger partial charge in [-0.3, -0.25) is 0 Å².